The van der Waals surface area contributed by atoms with Crippen LogP contribution in [0.3, 0.4) is 0 Å². The first-order valence-electron chi connectivity index (χ1n) is 11.9. The molecule has 7 nitrogen and oxygen atoms in total. The van der Waals surface area contributed by atoms with Gasteiger partial charge in [0.05, 0.1) is 19.3 Å². The summed E-state index contributed by atoms with van der Waals surface area (Å²) in [5.74, 6) is 0.203. The Hall–Kier alpha value is -2.71. The van der Waals surface area contributed by atoms with Gasteiger partial charge < -0.3 is 9.84 Å². The number of hydrogen-bond donors (Lipinski definition) is 1. The quantitative estimate of drug-likeness (QED) is 0.358. The molecule has 5 rings (SSSR count). The third-order valence-electron chi connectivity index (χ3n) is 7.40. The van der Waals surface area contributed by atoms with Gasteiger partial charge >= 0.3 is 0 Å². The van der Waals surface area contributed by atoms with Crippen LogP contribution < -0.4 is 4.74 Å². The Morgan fingerprint density at radius 2 is 1.91 bits per heavy atom. The van der Waals surface area contributed by atoms with E-state index in [9.17, 15) is 9.90 Å². The number of hydrogen-bond acceptors (Lipinski definition) is 5. The number of carbonyl (C=O) groups is 1. The highest BCUT2D eigenvalue weighted by Gasteiger charge is 2.49. The molecule has 8 heteroatoms. The highest BCUT2D eigenvalue weighted by molar-refractivity contribution is 9.10. The minimum absolute atomic E-state index is 0.0234. The van der Waals surface area contributed by atoms with E-state index in [1.54, 1.807) is 31.4 Å². The van der Waals surface area contributed by atoms with Crippen molar-refractivity contribution < 1.29 is 14.6 Å². The SMILES string of the molecule is COc1ccc(C(=O)N=Nc2c(O)n(CN3C[C@]4(C)C[C@@H]3CC(C)(C)C4)c3ccc(Br)cc23)cc1. The number of carbonyl (C=O) groups excluding carboxylic acids is 1. The molecular formula is C27H31BrN4O3. The van der Waals surface area contributed by atoms with E-state index >= 15 is 0 Å². The molecule has 2 atom stereocenters. The zero-order valence-corrected chi connectivity index (χ0v) is 22.2. The fourth-order valence-electron chi connectivity index (χ4n) is 6.35. The average molecular weight is 539 g/mol. The molecule has 1 aliphatic heterocycles. The zero-order valence-electron chi connectivity index (χ0n) is 20.6. The Labute approximate surface area is 213 Å². The lowest BCUT2D eigenvalue weighted by atomic mass is 9.65. The smallest absolute Gasteiger partial charge is 0.295 e. The number of aromatic hydroxyl groups is 1. The summed E-state index contributed by atoms with van der Waals surface area (Å²) in [6, 6.07) is 13.0. The van der Waals surface area contributed by atoms with E-state index in [4.69, 9.17) is 4.74 Å². The summed E-state index contributed by atoms with van der Waals surface area (Å²) in [7, 11) is 1.57. The Balaban J connectivity index is 1.47. The average Bonchev–Trinajstić information content (AvgIpc) is 3.19. The van der Waals surface area contributed by atoms with E-state index < -0.39 is 5.91 Å². The number of likely N-dealkylation sites (tertiary alicyclic amines) is 1. The Morgan fingerprint density at radius 3 is 2.63 bits per heavy atom. The zero-order chi connectivity index (χ0) is 25.0. The first kappa shape index (κ1) is 24.0. The molecule has 1 saturated carbocycles. The second kappa shape index (κ2) is 8.75. The van der Waals surface area contributed by atoms with Crippen LogP contribution in [0.25, 0.3) is 10.9 Å². The van der Waals surface area contributed by atoms with Crippen molar-refractivity contribution in [2.75, 3.05) is 13.7 Å². The second-order valence-corrected chi connectivity index (χ2v) is 12.0. The molecule has 2 aromatic carbocycles. The second-order valence-electron chi connectivity index (χ2n) is 11.1. The molecule has 1 N–H and O–H groups in total. The monoisotopic (exact) mass is 538 g/mol. The summed E-state index contributed by atoms with van der Waals surface area (Å²) in [6.45, 7) is 8.68. The minimum Gasteiger partial charge on any atom is -0.497 e. The number of halogens is 1. The van der Waals surface area contributed by atoms with E-state index in [2.05, 4.69) is 51.8 Å². The van der Waals surface area contributed by atoms with Crippen molar-refractivity contribution in [3.05, 3.63) is 52.5 Å². The number of aromatic nitrogens is 1. The molecule has 0 spiro atoms. The molecule has 1 amide bonds. The van der Waals surface area contributed by atoms with Gasteiger partial charge in [-0.1, -0.05) is 36.7 Å². The summed E-state index contributed by atoms with van der Waals surface area (Å²) < 4.78 is 7.91. The molecule has 2 bridgehead atoms. The van der Waals surface area contributed by atoms with Crippen LogP contribution in [0.2, 0.25) is 0 Å². The van der Waals surface area contributed by atoms with Gasteiger partial charge in [-0.25, -0.2) is 0 Å². The van der Waals surface area contributed by atoms with Crippen molar-refractivity contribution in [2.24, 2.45) is 21.1 Å². The molecule has 35 heavy (non-hydrogen) atoms. The molecule has 0 unspecified atom stereocenters. The highest BCUT2D eigenvalue weighted by atomic mass is 79.9. The Bertz CT molecular complexity index is 1310. The van der Waals surface area contributed by atoms with Crippen molar-refractivity contribution in [3.63, 3.8) is 0 Å². The summed E-state index contributed by atoms with van der Waals surface area (Å²) in [6.07, 6.45) is 3.55. The number of rotatable bonds is 5. The lowest BCUT2D eigenvalue weighted by Gasteiger charge is -2.40. The molecular weight excluding hydrogens is 508 g/mol. The molecule has 1 aromatic heterocycles. The van der Waals surface area contributed by atoms with Crippen molar-refractivity contribution in [1.82, 2.24) is 9.47 Å². The number of ether oxygens (including phenoxy) is 1. The van der Waals surface area contributed by atoms with Gasteiger partial charge in [-0.3, -0.25) is 14.3 Å². The third-order valence-corrected chi connectivity index (χ3v) is 7.89. The number of benzene rings is 2. The van der Waals surface area contributed by atoms with Crippen molar-refractivity contribution >= 4 is 38.4 Å². The Morgan fingerprint density at radius 1 is 1.17 bits per heavy atom. The van der Waals surface area contributed by atoms with Gasteiger partial charge in [-0.05, 0) is 72.6 Å². The van der Waals surface area contributed by atoms with Gasteiger partial charge in [0, 0.05) is 28.0 Å². The van der Waals surface area contributed by atoms with Crippen LogP contribution in [0.5, 0.6) is 11.6 Å². The van der Waals surface area contributed by atoms with Gasteiger partial charge in [-0.15, -0.1) is 10.2 Å². The van der Waals surface area contributed by atoms with Crippen molar-refractivity contribution in [1.29, 1.82) is 0 Å². The maximum atomic E-state index is 12.6. The summed E-state index contributed by atoms with van der Waals surface area (Å²) in [5, 5.41) is 20.2. The predicted octanol–water partition coefficient (Wildman–Crippen LogP) is 6.90. The van der Waals surface area contributed by atoms with Crippen molar-refractivity contribution in [2.45, 2.75) is 52.7 Å². The van der Waals surface area contributed by atoms with Gasteiger partial charge in [0.2, 0.25) is 5.88 Å². The largest absolute Gasteiger partial charge is 0.497 e. The fraction of sp³-hybridized carbons (Fsp3) is 0.444. The number of amides is 1. The van der Waals surface area contributed by atoms with Crippen LogP contribution in [-0.2, 0) is 6.67 Å². The van der Waals surface area contributed by atoms with E-state index in [1.165, 1.54) is 12.8 Å². The van der Waals surface area contributed by atoms with Crippen LogP contribution in [-0.4, -0.2) is 40.2 Å². The number of fused-ring (bicyclic) bond motifs is 3. The summed E-state index contributed by atoms with van der Waals surface area (Å²) >= 11 is 3.52. The maximum Gasteiger partial charge on any atom is 0.295 e. The third kappa shape index (κ3) is 4.61. The molecule has 2 heterocycles. The molecule has 2 aliphatic rings. The normalized spacial score (nSPS) is 23.9. The fourth-order valence-corrected chi connectivity index (χ4v) is 6.71. The number of nitrogens with zero attached hydrogens (tertiary/aromatic N) is 4. The van der Waals surface area contributed by atoms with Crippen molar-refractivity contribution in [3.8, 4) is 11.6 Å². The molecule has 1 saturated heterocycles. The topological polar surface area (TPSA) is 79.4 Å². The lowest BCUT2D eigenvalue weighted by Crippen LogP contribution is -2.35. The van der Waals surface area contributed by atoms with Gasteiger partial charge in [0.15, 0.2) is 5.69 Å². The highest BCUT2D eigenvalue weighted by Crippen LogP contribution is 2.53. The Kier molecular flexibility index (Phi) is 6.00. The molecule has 184 valence electrons. The predicted molar refractivity (Wildman–Crippen MR) is 139 cm³/mol. The summed E-state index contributed by atoms with van der Waals surface area (Å²) in [5.41, 5.74) is 2.18. The van der Waals surface area contributed by atoms with Crippen LogP contribution >= 0.6 is 15.9 Å². The number of methoxy groups -OCH3 is 1. The minimum atomic E-state index is -0.480. The molecule has 2 fully saturated rings. The van der Waals surface area contributed by atoms with E-state index in [-0.39, 0.29) is 5.88 Å². The van der Waals surface area contributed by atoms with Gasteiger partial charge in [0.25, 0.3) is 5.91 Å². The van der Waals surface area contributed by atoms with Crippen LogP contribution in [0.4, 0.5) is 5.69 Å². The first-order chi connectivity index (χ1) is 16.6. The standard InChI is InChI=1S/C27H31BrN4O3/c1-26(2)12-19-13-27(3,14-26)15-31(19)16-32-22-10-7-18(28)11-21(22)23(25(32)34)29-30-24(33)17-5-8-20(35-4)9-6-17/h5-11,19,34H,12-16H2,1-4H3/t19-,27+/m0/s1. The van der Waals surface area contributed by atoms with Crippen LogP contribution in [0.1, 0.15) is 50.4 Å². The van der Waals surface area contributed by atoms with E-state index in [0.717, 1.165) is 28.3 Å². The first-order valence-corrected chi connectivity index (χ1v) is 12.7. The molecule has 0 radical (unpaired) electrons. The van der Waals surface area contributed by atoms with Gasteiger partial charge in [-0.2, -0.15) is 0 Å². The van der Waals surface area contributed by atoms with Crippen LogP contribution in [0.15, 0.2) is 57.2 Å². The number of azo groups is 1. The van der Waals surface area contributed by atoms with E-state index in [1.807, 2.05) is 22.8 Å². The maximum absolute atomic E-state index is 12.6. The van der Waals surface area contributed by atoms with Crippen LogP contribution in [0, 0.1) is 10.8 Å². The molecule has 3 aromatic rings. The summed E-state index contributed by atoms with van der Waals surface area (Å²) in [4.78, 5) is 15.1. The molecule has 1 aliphatic carbocycles. The van der Waals surface area contributed by atoms with Gasteiger partial charge in [0.1, 0.15) is 5.75 Å². The lowest BCUT2D eigenvalue weighted by molar-refractivity contribution is 0.0995. The van der Waals surface area contributed by atoms with E-state index in [0.29, 0.717) is 40.5 Å².